The number of nitrogens with two attached hydrogens (primary N) is 1. The van der Waals surface area contributed by atoms with Gasteiger partial charge in [-0.2, -0.15) is 0 Å². The van der Waals surface area contributed by atoms with Gasteiger partial charge in [-0.3, -0.25) is 4.79 Å². The zero-order valence-electron chi connectivity index (χ0n) is 10.8. The number of nitrogens with one attached hydrogen (secondary N) is 1. The van der Waals surface area contributed by atoms with Gasteiger partial charge in [-0.1, -0.05) is 6.92 Å². The van der Waals surface area contributed by atoms with Crippen molar-refractivity contribution in [2.24, 2.45) is 5.73 Å². The van der Waals surface area contributed by atoms with Crippen LogP contribution < -0.4 is 11.1 Å². The van der Waals surface area contributed by atoms with E-state index in [0.717, 1.165) is 38.6 Å². The average Bonchev–Trinajstić information content (AvgIpc) is 2.26. The van der Waals surface area contributed by atoms with Gasteiger partial charge in [0.2, 0.25) is 5.91 Å². The van der Waals surface area contributed by atoms with Crippen LogP contribution in [0.25, 0.3) is 0 Å². The molecule has 4 nitrogen and oxygen atoms in total. The number of carbonyl (C=O) groups is 1. The fraction of sp³-hybridized carbons (Fsp3) is 0.917. The minimum atomic E-state index is -0.469. The molecular weight excluding hydrogens is 202 g/mol. The molecule has 94 valence electrons. The Morgan fingerprint density at radius 1 is 1.56 bits per heavy atom. The first-order chi connectivity index (χ1) is 7.52. The monoisotopic (exact) mass is 227 g/mol. The van der Waals surface area contributed by atoms with E-state index in [4.69, 9.17) is 5.73 Å². The van der Waals surface area contributed by atoms with E-state index in [0.29, 0.717) is 6.04 Å². The van der Waals surface area contributed by atoms with Crippen LogP contribution in [0.3, 0.4) is 0 Å². The second-order valence-electron chi connectivity index (χ2n) is 5.09. The first-order valence-electron chi connectivity index (χ1n) is 6.23. The molecule has 1 rings (SSSR count). The molecule has 0 heterocycles. The van der Waals surface area contributed by atoms with Gasteiger partial charge in [-0.15, -0.1) is 0 Å². The number of rotatable bonds is 5. The van der Waals surface area contributed by atoms with Crippen LogP contribution in [-0.4, -0.2) is 43.0 Å². The van der Waals surface area contributed by atoms with Crippen LogP contribution in [-0.2, 0) is 4.79 Å². The maximum Gasteiger partial charge on any atom is 0.237 e. The van der Waals surface area contributed by atoms with Crippen LogP contribution in [0, 0.1) is 0 Å². The molecule has 16 heavy (non-hydrogen) atoms. The third-order valence-electron chi connectivity index (χ3n) is 3.64. The summed E-state index contributed by atoms with van der Waals surface area (Å²) in [6, 6.07) is 0.464. The molecule has 3 N–H and O–H groups in total. The van der Waals surface area contributed by atoms with E-state index in [1.807, 2.05) is 0 Å². The first-order valence-corrected chi connectivity index (χ1v) is 6.23. The van der Waals surface area contributed by atoms with Gasteiger partial charge in [0.1, 0.15) is 0 Å². The highest BCUT2D eigenvalue weighted by molar-refractivity contribution is 5.84. The van der Waals surface area contributed by atoms with Crippen molar-refractivity contribution < 1.29 is 4.79 Å². The van der Waals surface area contributed by atoms with Gasteiger partial charge >= 0.3 is 0 Å². The minimum Gasteiger partial charge on any atom is -0.368 e. The Kier molecular flexibility index (Phi) is 4.74. The van der Waals surface area contributed by atoms with E-state index in [9.17, 15) is 4.79 Å². The van der Waals surface area contributed by atoms with Crippen molar-refractivity contribution >= 4 is 5.91 Å². The first kappa shape index (κ1) is 13.5. The third kappa shape index (κ3) is 2.95. The molecule has 0 aromatic rings. The summed E-state index contributed by atoms with van der Waals surface area (Å²) >= 11 is 0. The van der Waals surface area contributed by atoms with Crippen LogP contribution in [0.1, 0.15) is 39.0 Å². The number of amides is 1. The van der Waals surface area contributed by atoms with Crippen LogP contribution in [0.4, 0.5) is 0 Å². The van der Waals surface area contributed by atoms with Gasteiger partial charge in [0, 0.05) is 6.04 Å². The summed E-state index contributed by atoms with van der Waals surface area (Å²) in [5.41, 5.74) is 5.12. The second kappa shape index (κ2) is 5.64. The molecule has 1 aliphatic rings. The van der Waals surface area contributed by atoms with E-state index < -0.39 is 5.54 Å². The molecule has 0 bridgehead atoms. The highest BCUT2D eigenvalue weighted by atomic mass is 16.1. The molecule has 0 aromatic carbocycles. The van der Waals surface area contributed by atoms with Gasteiger partial charge in [-0.25, -0.2) is 0 Å². The predicted octanol–water partition coefficient (Wildman–Crippen LogP) is 0.714. The highest BCUT2D eigenvalue weighted by Crippen LogP contribution is 2.30. The molecule has 1 saturated carbocycles. The molecule has 1 fully saturated rings. The predicted molar refractivity (Wildman–Crippen MR) is 66.2 cm³/mol. The standard InChI is InChI=1S/C12H25N3O/c1-4-8-14-12(11(13)16)7-5-6-10(9-12)15(2)3/h10,14H,4-9H2,1-3H3,(H2,13,16). The summed E-state index contributed by atoms with van der Waals surface area (Å²) in [5.74, 6) is -0.187. The van der Waals surface area contributed by atoms with Gasteiger partial charge in [0.25, 0.3) is 0 Å². The van der Waals surface area contributed by atoms with Crippen molar-refractivity contribution in [1.82, 2.24) is 10.2 Å². The molecule has 0 aromatic heterocycles. The fourth-order valence-corrected chi connectivity index (χ4v) is 2.52. The summed E-state index contributed by atoms with van der Waals surface area (Å²) in [4.78, 5) is 13.9. The molecule has 1 aliphatic carbocycles. The number of carbonyl (C=O) groups excluding carboxylic acids is 1. The van der Waals surface area contributed by atoms with E-state index in [1.165, 1.54) is 0 Å². The molecule has 4 heteroatoms. The number of hydrogen-bond acceptors (Lipinski definition) is 3. The molecule has 0 radical (unpaired) electrons. The van der Waals surface area contributed by atoms with Crippen molar-refractivity contribution in [1.29, 1.82) is 0 Å². The van der Waals surface area contributed by atoms with Crippen molar-refractivity contribution in [2.45, 2.75) is 50.6 Å². The van der Waals surface area contributed by atoms with Crippen molar-refractivity contribution in [2.75, 3.05) is 20.6 Å². The molecular formula is C12H25N3O. The number of primary amides is 1. The Balaban J connectivity index is 2.72. The highest BCUT2D eigenvalue weighted by Gasteiger charge is 2.41. The van der Waals surface area contributed by atoms with Gasteiger partial charge < -0.3 is 16.0 Å². The van der Waals surface area contributed by atoms with Crippen LogP contribution in [0.2, 0.25) is 0 Å². The largest absolute Gasteiger partial charge is 0.368 e. The Hall–Kier alpha value is -0.610. The average molecular weight is 227 g/mol. The maximum atomic E-state index is 11.7. The maximum absolute atomic E-state index is 11.7. The van der Waals surface area contributed by atoms with Gasteiger partial charge in [-0.05, 0) is 52.7 Å². The second-order valence-corrected chi connectivity index (χ2v) is 5.09. The quantitative estimate of drug-likeness (QED) is 0.727. The molecule has 2 atom stereocenters. The zero-order valence-corrected chi connectivity index (χ0v) is 10.8. The van der Waals surface area contributed by atoms with E-state index in [1.54, 1.807) is 0 Å². The van der Waals surface area contributed by atoms with E-state index in [-0.39, 0.29) is 5.91 Å². The lowest BCUT2D eigenvalue weighted by molar-refractivity contribution is -0.126. The van der Waals surface area contributed by atoms with Crippen molar-refractivity contribution in [3.8, 4) is 0 Å². The zero-order chi connectivity index (χ0) is 12.2. The Morgan fingerprint density at radius 2 is 2.25 bits per heavy atom. The minimum absolute atomic E-state index is 0.187. The topological polar surface area (TPSA) is 58.4 Å². The Morgan fingerprint density at radius 3 is 2.75 bits per heavy atom. The van der Waals surface area contributed by atoms with E-state index in [2.05, 4.69) is 31.2 Å². The van der Waals surface area contributed by atoms with Gasteiger partial charge in [0.15, 0.2) is 0 Å². The smallest absolute Gasteiger partial charge is 0.237 e. The Bertz CT molecular complexity index is 242. The SMILES string of the molecule is CCCNC1(C(N)=O)CCCC(N(C)C)C1. The normalized spacial score (nSPS) is 30.6. The third-order valence-corrected chi connectivity index (χ3v) is 3.64. The molecule has 2 unspecified atom stereocenters. The van der Waals surface area contributed by atoms with Crippen LogP contribution >= 0.6 is 0 Å². The van der Waals surface area contributed by atoms with Crippen molar-refractivity contribution in [3.63, 3.8) is 0 Å². The van der Waals surface area contributed by atoms with Crippen molar-refractivity contribution in [3.05, 3.63) is 0 Å². The summed E-state index contributed by atoms with van der Waals surface area (Å²) in [6.07, 6.45) is 4.99. The van der Waals surface area contributed by atoms with E-state index >= 15 is 0 Å². The lowest BCUT2D eigenvalue weighted by atomic mass is 9.78. The summed E-state index contributed by atoms with van der Waals surface area (Å²) in [5, 5.41) is 3.37. The Labute approximate surface area is 98.6 Å². The summed E-state index contributed by atoms with van der Waals surface area (Å²) in [6.45, 7) is 2.97. The molecule has 0 saturated heterocycles. The number of hydrogen-bond donors (Lipinski definition) is 2. The van der Waals surface area contributed by atoms with Crippen LogP contribution in [0.15, 0.2) is 0 Å². The lowest BCUT2D eigenvalue weighted by Crippen LogP contribution is -2.60. The molecule has 1 amide bonds. The lowest BCUT2D eigenvalue weighted by Gasteiger charge is -2.41. The molecule has 0 spiro atoms. The summed E-state index contributed by atoms with van der Waals surface area (Å²) < 4.78 is 0. The fourth-order valence-electron chi connectivity index (χ4n) is 2.52. The number of nitrogens with zero attached hydrogens (tertiary/aromatic N) is 1. The van der Waals surface area contributed by atoms with Gasteiger partial charge in [0.05, 0.1) is 5.54 Å². The molecule has 0 aliphatic heterocycles. The van der Waals surface area contributed by atoms with Crippen LogP contribution in [0.5, 0.6) is 0 Å². The summed E-state index contributed by atoms with van der Waals surface area (Å²) in [7, 11) is 4.14.